The van der Waals surface area contributed by atoms with Gasteiger partial charge in [0.15, 0.2) is 11.2 Å². The van der Waals surface area contributed by atoms with Crippen molar-refractivity contribution in [1.82, 2.24) is 0 Å². The molecule has 160 valence electrons. The van der Waals surface area contributed by atoms with Crippen molar-refractivity contribution in [2.24, 2.45) is 28.6 Å². The van der Waals surface area contributed by atoms with E-state index in [9.17, 15) is 14.4 Å². The number of methoxy groups -OCH3 is 1. The Hall–Kier alpha value is -1.43. The molecule has 3 aliphatic heterocycles. The Bertz CT molecular complexity index is 818. The zero-order valence-electron chi connectivity index (χ0n) is 18.1. The van der Waals surface area contributed by atoms with Gasteiger partial charge in [-0.25, -0.2) is 0 Å². The van der Waals surface area contributed by atoms with Crippen LogP contribution >= 0.6 is 0 Å². The maximum Gasteiger partial charge on any atom is 0.311 e. The molecule has 1 unspecified atom stereocenters. The molecule has 6 fully saturated rings. The minimum atomic E-state index is -1.11. The fourth-order valence-corrected chi connectivity index (χ4v) is 8.32. The van der Waals surface area contributed by atoms with Crippen LogP contribution in [0.15, 0.2) is 0 Å². The van der Waals surface area contributed by atoms with Crippen LogP contribution in [0.3, 0.4) is 0 Å². The SMILES string of the molecule is COC(=O)[C@]1(C)CCC[C@@]2(C)[C@H]1CC[C@@]13OC(=O)C[C@@H](C[C@H]21)C1(OC1(C)C)C3=O. The third-order valence-electron chi connectivity index (χ3n) is 9.59. The Morgan fingerprint density at radius 1 is 1.07 bits per heavy atom. The summed E-state index contributed by atoms with van der Waals surface area (Å²) >= 11 is 0. The molecular weight excluding hydrogens is 372 g/mol. The van der Waals surface area contributed by atoms with Gasteiger partial charge in [0.25, 0.3) is 0 Å². The Labute approximate surface area is 172 Å². The first kappa shape index (κ1) is 19.5. The van der Waals surface area contributed by atoms with Gasteiger partial charge in [-0.05, 0) is 64.2 Å². The van der Waals surface area contributed by atoms with Gasteiger partial charge < -0.3 is 14.2 Å². The van der Waals surface area contributed by atoms with Gasteiger partial charge in [0.1, 0.15) is 5.60 Å². The molecule has 3 saturated heterocycles. The average Bonchev–Trinajstić information content (AvgIpc) is 3.29. The molecule has 7 atom stereocenters. The number of Topliss-reactive ketones (excluding diaryl/α,β-unsaturated/α-hetero) is 1. The maximum absolute atomic E-state index is 14.0. The van der Waals surface area contributed by atoms with E-state index >= 15 is 0 Å². The summed E-state index contributed by atoms with van der Waals surface area (Å²) < 4.78 is 17.3. The van der Waals surface area contributed by atoms with E-state index in [1.165, 1.54) is 7.11 Å². The number of esters is 2. The summed E-state index contributed by atoms with van der Waals surface area (Å²) in [5.41, 5.74) is -3.37. The number of rotatable bonds is 1. The first-order chi connectivity index (χ1) is 13.5. The first-order valence-electron chi connectivity index (χ1n) is 11.0. The summed E-state index contributed by atoms with van der Waals surface area (Å²) in [7, 11) is 1.46. The molecule has 0 amide bonds. The number of carbonyl (C=O) groups excluding carboxylic acids is 3. The van der Waals surface area contributed by atoms with Crippen molar-refractivity contribution in [3.8, 4) is 0 Å². The van der Waals surface area contributed by atoms with Crippen LogP contribution in [0.25, 0.3) is 0 Å². The molecule has 3 heterocycles. The van der Waals surface area contributed by atoms with E-state index in [1.54, 1.807) is 0 Å². The largest absolute Gasteiger partial charge is 0.469 e. The highest BCUT2D eigenvalue weighted by atomic mass is 16.6. The molecule has 0 N–H and O–H groups in total. The molecule has 0 radical (unpaired) electrons. The number of hydrogen-bond donors (Lipinski definition) is 0. The van der Waals surface area contributed by atoms with Crippen molar-refractivity contribution in [1.29, 1.82) is 0 Å². The van der Waals surface area contributed by atoms with Crippen molar-refractivity contribution in [3.63, 3.8) is 0 Å². The van der Waals surface area contributed by atoms with Crippen molar-refractivity contribution in [2.75, 3.05) is 7.11 Å². The second kappa shape index (κ2) is 5.43. The van der Waals surface area contributed by atoms with E-state index in [1.807, 2.05) is 20.8 Å². The minimum Gasteiger partial charge on any atom is -0.469 e. The molecule has 0 aromatic carbocycles. The van der Waals surface area contributed by atoms with Gasteiger partial charge in [-0.15, -0.1) is 0 Å². The average molecular weight is 405 g/mol. The number of carbonyl (C=O) groups is 3. The van der Waals surface area contributed by atoms with Gasteiger partial charge in [0.05, 0.1) is 18.9 Å². The van der Waals surface area contributed by atoms with Crippen molar-refractivity contribution in [2.45, 2.75) is 89.4 Å². The van der Waals surface area contributed by atoms with Gasteiger partial charge >= 0.3 is 11.9 Å². The second-order valence-corrected chi connectivity index (χ2v) is 11.1. The summed E-state index contributed by atoms with van der Waals surface area (Å²) in [4.78, 5) is 39.5. The topological polar surface area (TPSA) is 82.2 Å². The zero-order valence-corrected chi connectivity index (χ0v) is 18.1. The molecule has 0 aromatic heterocycles. The number of fused-ring (bicyclic) bond motifs is 3. The standard InChI is InChI=1S/C23H32O6/c1-19(2)23(29-19)13-11-15-20(3)8-6-9-21(4,18(26)27-5)14(20)7-10-22(15,17(23)25)28-16(24)12-13/h13-15H,6-12H2,1-5H3/t13-,14-,15-,20+,21-,22-,23?/m1/s1. The van der Waals surface area contributed by atoms with Crippen LogP contribution in [0.2, 0.25) is 0 Å². The maximum atomic E-state index is 14.0. The lowest BCUT2D eigenvalue weighted by Gasteiger charge is -2.63. The number of ether oxygens (including phenoxy) is 3. The normalized spacial score (nSPS) is 52.2. The third-order valence-corrected chi connectivity index (χ3v) is 9.59. The fraction of sp³-hybridized carbons (Fsp3) is 0.870. The first-order valence-corrected chi connectivity index (χ1v) is 11.0. The molecular formula is C23H32O6. The highest BCUT2D eigenvalue weighted by Gasteiger charge is 2.83. The Balaban J connectivity index is 1.62. The van der Waals surface area contributed by atoms with Gasteiger partial charge in [0.2, 0.25) is 5.78 Å². The predicted octanol–water partition coefficient (Wildman–Crippen LogP) is 3.20. The summed E-state index contributed by atoms with van der Waals surface area (Å²) in [6.07, 6.45) is 4.78. The fourth-order valence-electron chi connectivity index (χ4n) is 8.32. The van der Waals surface area contributed by atoms with Gasteiger partial charge in [0, 0.05) is 11.8 Å². The Morgan fingerprint density at radius 2 is 1.76 bits per heavy atom. The molecule has 2 bridgehead atoms. The smallest absolute Gasteiger partial charge is 0.311 e. The highest BCUT2D eigenvalue weighted by Crippen LogP contribution is 2.71. The molecule has 6 aliphatic rings. The van der Waals surface area contributed by atoms with Crippen molar-refractivity contribution in [3.05, 3.63) is 0 Å². The quantitative estimate of drug-likeness (QED) is 0.493. The molecule has 6 heteroatoms. The van der Waals surface area contributed by atoms with E-state index in [0.29, 0.717) is 12.8 Å². The summed E-state index contributed by atoms with van der Waals surface area (Å²) in [6.45, 7) is 8.14. The van der Waals surface area contributed by atoms with Crippen LogP contribution in [0.4, 0.5) is 0 Å². The van der Waals surface area contributed by atoms with Crippen molar-refractivity contribution >= 4 is 17.7 Å². The highest BCUT2D eigenvalue weighted by molar-refractivity contribution is 6.03. The van der Waals surface area contributed by atoms with Crippen LogP contribution in [-0.4, -0.2) is 41.6 Å². The molecule has 0 aromatic rings. The lowest BCUT2D eigenvalue weighted by Crippen LogP contribution is -2.69. The molecule has 6 nitrogen and oxygen atoms in total. The summed E-state index contributed by atoms with van der Waals surface area (Å²) in [5.74, 6) is -0.571. The van der Waals surface area contributed by atoms with Gasteiger partial charge in [-0.1, -0.05) is 13.3 Å². The van der Waals surface area contributed by atoms with Gasteiger partial charge in [-0.3, -0.25) is 14.4 Å². The van der Waals surface area contributed by atoms with Gasteiger partial charge in [-0.2, -0.15) is 0 Å². The molecule has 3 aliphatic carbocycles. The third kappa shape index (κ3) is 2.04. The van der Waals surface area contributed by atoms with E-state index in [2.05, 4.69) is 6.92 Å². The Kier molecular flexibility index (Phi) is 3.66. The molecule has 2 spiro atoms. The summed E-state index contributed by atoms with van der Waals surface area (Å²) in [6, 6.07) is 0. The van der Waals surface area contributed by atoms with E-state index in [0.717, 1.165) is 25.7 Å². The van der Waals surface area contributed by atoms with Crippen LogP contribution < -0.4 is 0 Å². The van der Waals surface area contributed by atoms with E-state index in [-0.39, 0.29) is 47.3 Å². The number of hydrogen-bond acceptors (Lipinski definition) is 6. The molecule has 3 saturated carbocycles. The van der Waals surface area contributed by atoms with E-state index in [4.69, 9.17) is 14.2 Å². The predicted molar refractivity (Wildman–Crippen MR) is 103 cm³/mol. The lowest BCUT2D eigenvalue weighted by molar-refractivity contribution is -0.216. The Morgan fingerprint density at radius 3 is 2.38 bits per heavy atom. The van der Waals surface area contributed by atoms with Crippen LogP contribution in [0.5, 0.6) is 0 Å². The van der Waals surface area contributed by atoms with Crippen LogP contribution in [0.1, 0.15) is 72.6 Å². The number of epoxide rings is 1. The zero-order chi connectivity index (χ0) is 21.0. The monoisotopic (exact) mass is 404 g/mol. The summed E-state index contributed by atoms with van der Waals surface area (Å²) in [5, 5.41) is 0. The van der Waals surface area contributed by atoms with Crippen molar-refractivity contribution < 1.29 is 28.6 Å². The number of ketones is 1. The van der Waals surface area contributed by atoms with Crippen LogP contribution in [-0.2, 0) is 28.6 Å². The lowest BCUT2D eigenvalue weighted by atomic mass is 9.41. The minimum absolute atomic E-state index is 0.0212. The van der Waals surface area contributed by atoms with E-state index < -0.39 is 22.2 Å². The molecule has 6 rings (SSSR count). The van der Waals surface area contributed by atoms with Crippen LogP contribution in [0, 0.1) is 28.6 Å². The molecule has 29 heavy (non-hydrogen) atoms. The second-order valence-electron chi connectivity index (χ2n) is 11.1.